The highest BCUT2D eigenvalue weighted by Gasteiger charge is 2.42. The molecule has 172 valence electrons. The molecule has 0 aromatic heterocycles. The van der Waals surface area contributed by atoms with Crippen molar-refractivity contribution in [1.82, 2.24) is 4.90 Å². The minimum atomic E-state index is -2.49. The summed E-state index contributed by atoms with van der Waals surface area (Å²) >= 11 is 0. The van der Waals surface area contributed by atoms with E-state index >= 15 is 0 Å². The Balaban J connectivity index is 1.36. The summed E-state index contributed by atoms with van der Waals surface area (Å²) < 4.78 is 39.7. The number of anilines is 1. The van der Waals surface area contributed by atoms with Crippen LogP contribution in [0.15, 0.2) is 48.5 Å². The molecule has 6 heteroatoms. The smallest absolute Gasteiger partial charge is 0.263 e. The van der Waals surface area contributed by atoms with Crippen LogP contribution in [0, 0.1) is 5.92 Å². The third kappa shape index (κ3) is 4.54. The number of hydrogen-bond acceptors (Lipinski definition) is 4. The summed E-state index contributed by atoms with van der Waals surface area (Å²) in [5.74, 6) is 0.192. The topological polar surface area (TPSA) is 33.7 Å². The molecule has 3 unspecified atom stereocenters. The van der Waals surface area contributed by atoms with Crippen molar-refractivity contribution in [2.24, 2.45) is 5.92 Å². The molecule has 5 rings (SSSR count). The zero-order chi connectivity index (χ0) is 22.1. The lowest BCUT2D eigenvalue weighted by Gasteiger charge is -2.46. The lowest BCUT2D eigenvalue weighted by atomic mass is 9.76. The maximum atomic E-state index is 13.4. The van der Waals surface area contributed by atoms with Crippen LogP contribution in [-0.4, -0.2) is 43.9 Å². The van der Waals surface area contributed by atoms with Gasteiger partial charge < -0.3 is 19.7 Å². The lowest BCUT2D eigenvalue weighted by molar-refractivity contribution is -0.133. The van der Waals surface area contributed by atoms with Crippen LogP contribution < -0.4 is 5.32 Å². The molecule has 3 heterocycles. The highest BCUT2D eigenvalue weighted by atomic mass is 19.3. The first kappa shape index (κ1) is 21.8. The van der Waals surface area contributed by atoms with Gasteiger partial charge in [-0.25, -0.2) is 8.78 Å². The van der Waals surface area contributed by atoms with E-state index in [9.17, 15) is 8.78 Å². The van der Waals surface area contributed by atoms with E-state index < -0.39 is 6.43 Å². The number of piperidine rings is 1. The quantitative estimate of drug-likeness (QED) is 0.640. The van der Waals surface area contributed by atoms with Gasteiger partial charge >= 0.3 is 0 Å². The van der Waals surface area contributed by atoms with Gasteiger partial charge in [-0.2, -0.15) is 0 Å². The summed E-state index contributed by atoms with van der Waals surface area (Å²) in [6, 6.07) is 15.4. The van der Waals surface area contributed by atoms with Crippen molar-refractivity contribution in [1.29, 1.82) is 0 Å². The first-order valence-electron chi connectivity index (χ1n) is 11.8. The van der Waals surface area contributed by atoms with Gasteiger partial charge in [0.15, 0.2) is 0 Å². The van der Waals surface area contributed by atoms with Gasteiger partial charge in [0.1, 0.15) is 0 Å². The molecular formula is C26H32F2N2O2. The van der Waals surface area contributed by atoms with E-state index in [1.807, 2.05) is 18.2 Å². The molecule has 2 saturated heterocycles. The SMILES string of the molecule is CN1CCC(OCC2CCC3C(O2)c2cc(C(F)F)ccc2N[C@H]3c2ccccc2)CC1. The predicted molar refractivity (Wildman–Crippen MR) is 121 cm³/mol. The van der Waals surface area contributed by atoms with Gasteiger partial charge in [0.05, 0.1) is 31.0 Å². The average Bonchev–Trinajstić information content (AvgIpc) is 2.83. The molecule has 1 N–H and O–H groups in total. The van der Waals surface area contributed by atoms with Gasteiger partial charge in [0.2, 0.25) is 0 Å². The minimum absolute atomic E-state index is 0.00603. The number of nitrogens with zero attached hydrogens (tertiary/aromatic N) is 1. The van der Waals surface area contributed by atoms with Crippen molar-refractivity contribution in [2.45, 2.75) is 56.5 Å². The monoisotopic (exact) mass is 442 g/mol. The summed E-state index contributed by atoms with van der Waals surface area (Å²) in [6.45, 7) is 2.70. The molecule has 2 aromatic rings. The van der Waals surface area contributed by atoms with Gasteiger partial charge in [0, 0.05) is 35.8 Å². The molecule has 0 radical (unpaired) electrons. The normalized spacial score (nSPS) is 28.8. The maximum absolute atomic E-state index is 13.4. The van der Waals surface area contributed by atoms with Crippen molar-refractivity contribution < 1.29 is 18.3 Å². The van der Waals surface area contributed by atoms with Crippen LogP contribution in [0.4, 0.5) is 14.5 Å². The van der Waals surface area contributed by atoms with Crippen LogP contribution in [0.1, 0.15) is 60.9 Å². The second kappa shape index (κ2) is 9.46. The lowest BCUT2D eigenvalue weighted by Crippen LogP contribution is -2.41. The molecule has 2 aromatic carbocycles. The molecule has 32 heavy (non-hydrogen) atoms. The number of nitrogens with one attached hydrogen (secondary N) is 1. The second-order valence-corrected chi connectivity index (χ2v) is 9.44. The summed E-state index contributed by atoms with van der Waals surface area (Å²) in [7, 11) is 2.14. The first-order valence-corrected chi connectivity index (χ1v) is 11.8. The molecule has 0 amide bonds. The zero-order valence-corrected chi connectivity index (χ0v) is 18.6. The molecule has 0 aliphatic carbocycles. The van der Waals surface area contributed by atoms with Crippen molar-refractivity contribution in [3.8, 4) is 0 Å². The standard InChI is InChI=1S/C26H32F2N2O2/c1-30-13-11-19(12-14-30)31-16-20-8-9-21-24(17-5-3-2-4-6-17)29-23-10-7-18(26(27)28)15-22(23)25(21)32-20/h2-7,10,15,19-21,24-26,29H,8-9,11-14,16H2,1H3/t20?,21?,24-,25?/m0/s1. The number of alkyl halides is 2. The van der Waals surface area contributed by atoms with E-state index in [0.29, 0.717) is 6.61 Å². The number of ether oxygens (including phenoxy) is 2. The molecule has 3 aliphatic rings. The zero-order valence-electron chi connectivity index (χ0n) is 18.6. The number of fused-ring (bicyclic) bond motifs is 3. The van der Waals surface area contributed by atoms with Crippen LogP contribution in [0.25, 0.3) is 0 Å². The summed E-state index contributed by atoms with van der Waals surface area (Å²) in [5.41, 5.74) is 3.00. The van der Waals surface area contributed by atoms with Gasteiger partial charge in [-0.1, -0.05) is 36.4 Å². The number of benzene rings is 2. The van der Waals surface area contributed by atoms with Gasteiger partial charge in [-0.05, 0) is 50.4 Å². The molecular weight excluding hydrogens is 410 g/mol. The Kier molecular flexibility index (Phi) is 6.44. The molecule has 0 bridgehead atoms. The number of rotatable bonds is 5. The largest absolute Gasteiger partial charge is 0.378 e. The Morgan fingerprint density at radius 3 is 2.59 bits per heavy atom. The Morgan fingerprint density at radius 2 is 1.84 bits per heavy atom. The molecule has 0 spiro atoms. The summed E-state index contributed by atoms with van der Waals surface area (Å²) in [5, 5.41) is 3.62. The fourth-order valence-electron chi connectivity index (χ4n) is 5.42. The molecule has 3 aliphatic heterocycles. The van der Waals surface area contributed by atoms with Crippen LogP contribution >= 0.6 is 0 Å². The third-order valence-corrected chi connectivity index (χ3v) is 7.27. The number of halogens is 2. The molecule has 4 nitrogen and oxygen atoms in total. The predicted octanol–water partition coefficient (Wildman–Crippen LogP) is 5.74. The fraction of sp³-hybridized carbons (Fsp3) is 0.538. The average molecular weight is 443 g/mol. The van der Waals surface area contributed by atoms with Crippen LogP contribution in [0.2, 0.25) is 0 Å². The van der Waals surface area contributed by atoms with E-state index in [4.69, 9.17) is 9.47 Å². The van der Waals surface area contributed by atoms with E-state index in [1.165, 1.54) is 11.6 Å². The Hall–Kier alpha value is -2.02. The van der Waals surface area contributed by atoms with E-state index in [1.54, 1.807) is 12.1 Å². The van der Waals surface area contributed by atoms with E-state index in [0.717, 1.165) is 50.0 Å². The summed E-state index contributed by atoms with van der Waals surface area (Å²) in [6.07, 6.45) is 1.57. The number of likely N-dealkylation sites (tertiary alicyclic amines) is 1. The fourth-order valence-corrected chi connectivity index (χ4v) is 5.42. The second-order valence-electron chi connectivity index (χ2n) is 9.44. The van der Waals surface area contributed by atoms with Crippen molar-refractivity contribution >= 4 is 5.69 Å². The third-order valence-electron chi connectivity index (χ3n) is 7.27. The first-order chi connectivity index (χ1) is 15.6. The number of hydrogen-bond donors (Lipinski definition) is 1. The van der Waals surface area contributed by atoms with Gasteiger partial charge in [-0.15, -0.1) is 0 Å². The maximum Gasteiger partial charge on any atom is 0.263 e. The Labute approximate surface area is 188 Å². The van der Waals surface area contributed by atoms with E-state index in [-0.39, 0.29) is 35.8 Å². The van der Waals surface area contributed by atoms with Crippen LogP contribution in [0.5, 0.6) is 0 Å². The van der Waals surface area contributed by atoms with Crippen molar-refractivity contribution in [3.63, 3.8) is 0 Å². The van der Waals surface area contributed by atoms with Gasteiger partial charge in [0.25, 0.3) is 6.43 Å². The van der Waals surface area contributed by atoms with Crippen LogP contribution in [0.3, 0.4) is 0 Å². The Bertz CT molecular complexity index is 902. The highest BCUT2D eigenvalue weighted by Crippen LogP contribution is 2.50. The highest BCUT2D eigenvalue weighted by molar-refractivity contribution is 5.58. The van der Waals surface area contributed by atoms with E-state index in [2.05, 4.69) is 29.4 Å². The van der Waals surface area contributed by atoms with Crippen molar-refractivity contribution in [3.05, 3.63) is 65.2 Å². The van der Waals surface area contributed by atoms with Gasteiger partial charge in [-0.3, -0.25) is 0 Å². The Morgan fingerprint density at radius 1 is 1.06 bits per heavy atom. The summed E-state index contributed by atoms with van der Waals surface area (Å²) in [4.78, 5) is 2.33. The molecule has 0 saturated carbocycles. The minimum Gasteiger partial charge on any atom is -0.378 e. The molecule has 4 atom stereocenters. The molecule has 2 fully saturated rings. The van der Waals surface area contributed by atoms with Crippen LogP contribution in [-0.2, 0) is 9.47 Å². The van der Waals surface area contributed by atoms with Crippen molar-refractivity contribution in [2.75, 3.05) is 32.1 Å².